The highest BCUT2D eigenvalue weighted by molar-refractivity contribution is 6.30. The molecule has 2 aliphatic rings. The number of aliphatic hydroxyl groups excluding tert-OH is 1. The molecule has 1 fully saturated rings. The molecule has 0 aliphatic carbocycles. The number of aromatic hydroxyl groups is 2. The molecule has 1 saturated heterocycles. The van der Waals surface area contributed by atoms with Crippen LogP contribution in [0.3, 0.4) is 0 Å². The number of nitriles is 1. The van der Waals surface area contributed by atoms with E-state index in [0.717, 1.165) is 0 Å². The molecule has 8 nitrogen and oxygen atoms in total. The molecule has 1 unspecified atom stereocenters. The highest BCUT2D eigenvalue weighted by Gasteiger charge is 2.66. The fourth-order valence-electron chi connectivity index (χ4n) is 5.69. The summed E-state index contributed by atoms with van der Waals surface area (Å²) in [4.78, 5) is 4.13. The third-order valence-electron chi connectivity index (χ3n) is 7.36. The maximum atomic E-state index is 11.5. The van der Waals surface area contributed by atoms with Crippen LogP contribution < -0.4 is 4.74 Å². The smallest absolute Gasteiger partial charge is 0.213 e. The van der Waals surface area contributed by atoms with Crippen molar-refractivity contribution in [3.05, 3.63) is 76.4 Å². The van der Waals surface area contributed by atoms with Gasteiger partial charge in [-0.05, 0) is 25.1 Å². The number of fused-ring (bicyclic) bond motifs is 6. The van der Waals surface area contributed by atoms with E-state index in [1.54, 1.807) is 31.2 Å². The Balaban J connectivity index is 1.45. The van der Waals surface area contributed by atoms with Crippen LogP contribution in [-0.4, -0.2) is 37.6 Å². The fourth-order valence-corrected chi connectivity index (χ4v) is 5.80. The SMILES string of the molecule is C[C@@]12O[C@@](CCOc3ccc(Cl)cn3)(CC1O)c1c2c(O)n(-c2ccc(C#N)c3ccccc23)c1O. The molecular weight excluding hydrogens is 482 g/mol. The van der Waals surface area contributed by atoms with E-state index in [2.05, 4.69) is 11.1 Å². The summed E-state index contributed by atoms with van der Waals surface area (Å²) in [5, 5.41) is 45.3. The van der Waals surface area contributed by atoms with Crippen LogP contribution >= 0.6 is 11.6 Å². The third-order valence-corrected chi connectivity index (χ3v) is 7.58. The van der Waals surface area contributed by atoms with Crippen molar-refractivity contribution in [2.24, 2.45) is 0 Å². The lowest BCUT2D eigenvalue weighted by atomic mass is 9.76. The Morgan fingerprint density at radius 2 is 1.89 bits per heavy atom. The number of rotatable bonds is 5. The number of halogens is 1. The van der Waals surface area contributed by atoms with Crippen LogP contribution in [-0.2, 0) is 15.9 Å². The van der Waals surface area contributed by atoms with E-state index in [0.29, 0.717) is 50.5 Å². The number of benzene rings is 2. The van der Waals surface area contributed by atoms with Gasteiger partial charge in [0.15, 0.2) is 0 Å². The number of ether oxygens (including phenoxy) is 2. The van der Waals surface area contributed by atoms with Gasteiger partial charge in [-0.15, -0.1) is 0 Å². The monoisotopic (exact) mass is 503 g/mol. The topological polar surface area (TPSA) is 121 Å². The quantitative estimate of drug-likeness (QED) is 0.363. The summed E-state index contributed by atoms with van der Waals surface area (Å²) < 4.78 is 13.5. The molecule has 3 atom stereocenters. The standard InChI is InChI=1S/C27H22ClN3O5/c1-26-20(32)12-27(36-26,10-11-35-21-9-7-16(28)14-30-21)23-22(26)24(33)31(25(23)34)19-8-6-15(13-29)17-4-2-3-5-18(17)19/h2-9,14,20,32-34H,10-12H2,1H3/t20?,26-,27+/m1/s1. The summed E-state index contributed by atoms with van der Waals surface area (Å²) in [5.74, 6) is 0.0161. The van der Waals surface area contributed by atoms with Gasteiger partial charge < -0.3 is 24.8 Å². The number of aliphatic hydroxyl groups is 1. The maximum absolute atomic E-state index is 11.5. The number of pyridine rings is 1. The molecule has 2 aromatic heterocycles. The van der Waals surface area contributed by atoms with Gasteiger partial charge in [0.25, 0.3) is 0 Å². The van der Waals surface area contributed by atoms with E-state index in [-0.39, 0.29) is 24.8 Å². The van der Waals surface area contributed by atoms with Crippen molar-refractivity contribution in [2.45, 2.75) is 37.1 Å². The maximum Gasteiger partial charge on any atom is 0.213 e. The molecule has 182 valence electrons. The molecule has 4 aromatic rings. The largest absolute Gasteiger partial charge is 0.494 e. The Bertz CT molecular complexity index is 1560. The Morgan fingerprint density at radius 3 is 2.61 bits per heavy atom. The van der Waals surface area contributed by atoms with Gasteiger partial charge in [-0.25, -0.2) is 4.98 Å². The van der Waals surface area contributed by atoms with Gasteiger partial charge in [0.2, 0.25) is 17.6 Å². The van der Waals surface area contributed by atoms with E-state index in [4.69, 9.17) is 21.1 Å². The summed E-state index contributed by atoms with van der Waals surface area (Å²) in [7, 11) is 0. The van der Waals surface area contributed by atoms with E-state index in [9.17, 15) is 20.6 Å². The third kappa shape index (κ3) is 3.04. The number of hydrogen-bond acceptors (Lipinski definition) is 7. The van der Waals surface area contributed by atoms with Crippen LogP contribution in [0.1, 0.15) is 36.5 Å². The zero-order valence-electron chi connectivity index (χ0n) is 19.3. The Kier molecular flexibility index (Phi) is 4.96. The van der Waals surface area contributed by atoms with Crippen LogP contribution in [0, 0.1) is 11.3 Å². The average Bonchev–Trinajstić information content (AvgIpc) is 3.41. The molecule has 2 aromatic carbocycles. The highest BCUT2D eigenvalue weighted by atomic mass is 35.5. The van der Waals surface area contributed by atoms with Crippen molar-refractivity contribution in [1.82, 2.24) is 9.55 Å². The second-order valence-electron chi connectivity index (χ2n) is 9.36. The van der Waals surface area contributed by atoms with Crippen LogP contribution in [0.2, 0.25) is 5.02 Å². The summed E-state index contributed by atoms with van der Waals surface area (Å²) in [6.45, 7) is 1.91. The van der Waals surface area contributed by atoms with Gasteiger partial charge in [0, 0.05) is 35.9 Å². The number of hydrogen-bond donors (Lipinski definition) is 3. The molecule has 3 N–H and O–H groups in total. The Labute approximate surface area is 211 Å². The molecular formula is C27H22ClN3O5. The highest BCUT2D eigenvalue weighted by Crippen LogP contribution is 2.65. The molecule has 2 bridgehead atoms. The zero-order valence-corrected chi connectivity index (χ0v) is 20.0. The first-order chi connectivity index (χ1) is 17.3. The molecule has 36 heavy (non-hydrogen) atoms. The van der Waals surface area contributed by atoms with Gasteiger partial charge in [0.1, 0.15) is 11.2 Å². The predicted octanol–water partition coefficient (Wildman–Crippen LogP) is 4.64. The molecule has 0 amide bonds. The molecule has 0 radical (unpaired) electrons. The Morgan fingerprint density at radius 1 is 1.14 bits per heavy atom. The van der Waals surface area contributed by atoms with Gasteiger partial charge >= 0.3 is 0 Å². The van der Waals surface area contributed by atoms with E-state index >= 15 is 0 Å². The minimum atomic E-state index is -1.21. The van der Waals surface area contributed by atoms with Gasteiger partial charge in [0.05, 0.1) is 46.2 Å². The Hall–Kier alpha value is -3.77. The zero-order chi connectivity index (χ0) is 25.2. The van der Waals surface area contributed by atoms with Crippen molar-refractivity contribution < 1.29 is 24.8 Å². The minimum Gasteiger partial charge on any atom is -0.494 e. The molecule has 6 rings (SSSR count). The van der Waals surface area contributed by atoms with Crippen molar-refractivity contribution in [3.8, 4) is 29.4 Å². The normalized spacial score (nSPS) is 24.1. The molecule has 4 heterocycles. The van der Waals surface area contributed by atoms with Gasteiger partial charge in [-0.1, -0.05) is 35.9 Å². The summed E-state index contributed by atoms with van der Waals surface area (Å²) in [6.07, 6.45) is 1.14. The average molecular weight is 504 g/mol. The first-order valence-electron chi connectivity index (χ1n) is 11.5. The van der Waals surface area contributed by atoms with E-state index in [1.165, 1.54) is 10.8 Å². The number of nitrogens with zero attached hydrogens (tertiary/aromatic N) is 3. The lowest BCUT2D eigenvalue weighted by molar-refractivity contribution is -0.107. The fraction of sp³-hybridized carbons (Fsp3) is 0.259. The molecule has 9 heteroatoms. The van der Waals surface area contributed by atoms with Crippen molar-refractivity contribution in [2.75, 3.05) is 6.61 Å². The second kappa shape index (κ2) is 7.87. The summed E-state index contributed by atoms with van der Waals surface area (Å²) in [6, 6.07) is 16.2. The summed E-state index contributed by atoms with van der Waals surface area (Å²) in [5.41, 5.74) is -0.467. The van der Waals surface area contributed by atoms with Gasteiger partial charge in [-0.3, -0.25) is 4.57 Å². The van der Waals surface area contributed by atoms with Crippen LogP contribution in [0.15, 0.2) is 54.7 Å². The van der Waals surface area contributed by atoms with E-state index < -0.39 is 17.3 Å². The predicted molar refractivity (Wildman–Crippen MR) is 131 cm³/mol. The first kappa shape index (κ1) is 22.7. The van der Waals surface area contributed by atoms with Crippen molar-refractivity contribution in [1.29, 1.82) is 5.26 Å². The first-order valence-corrected chi connectivity index (χ1v) is 11.9. The minimum absolute atomic E-state index is 0.169. The van der Waals surface area contributed by atoms with Crippen LogP contribution in [0.5, 0.6) is 17.6 Å². The van der Waals surface area contributed by atoms with Crippen molar-refractivity contribution >= 4 is 22.4 Å². The van der Waals surface area contributed by atoms with E-state index in [1.807, 2.05) is 24.3 Å². The van der Waals surface area contributed by atoms with Crippen LogP contribution in [0.25, 0.3) is 16.5 Å². The van der Waals surface area contributed by atoms with Gasteiger partial charge in [-0.2, -0.15) is 5.26 Å². The van der Waals surface area contributed by atoms with Crippen molar-refractivity contribution in [3.63, 3.8) is 0 Å². The number of aromatic nitrogens is 2. The van der Waals surface area contributed by atoms with Crippen LogP contribution in [0.4, 0.5) is 0 Å². The summed E-state index contributed by atoms with van der Waals surface area (Å²) >= 11 is 5.89. The second-order valence-corrected chi connectivity index (χ2v) is 9.80. The lowest BCUT2D eigenvalue weighted by Crippen LogP contribution is -2.33. The molecule has 0 saturated carbocycles. The molecule has 2 aliphatic heterocycles. The molecule has 0 spiro atoms. The lowest BCUT2D eigenvalue weighted by Gasteiger charge is -2.26.